The fourth-order valence-corrected chi connectivity index (χ4v) is 3.39. The number of benzene rings is 1. The fourth-order valence-electron chi connectivity index (χ4n) is 2.65. The van der Waals surface area contributed by atoms with E-state index in [1.807, 2.05) is 18.2 Å². The molecular formula is C19H18FIN4O2. The molecule has 0 aliphatic carbocycles. The zero-order valence-electron chi connectivity index (χ0n) is 14.7. The number of nitrogens with zero attached hydrogens (tertiary/aromatic N) is 3. The number of carbonyl (C=O) groups excluding carboxylic acids is 1. The van der Waals surface area contributed by atoms with E-state index in [1.54, 1.807) is 25.7 Å². The second-order valence-electron chi connectivity index (χ2n) is 5.82. The van der Waals surface area contributed by atoms with Crippen LogP contribution in [0.4, 0.5) is 9.18 Å². The summed E-state index contributed by atoms with van der Waals surface area (Å²) in [6, 6.07) is 6.83. The second kappa shape index (κ2) is 8.94. The van der Waals surface area contributed by atoms with Crippen molar-refractivity contribution in [2.75, 3.05) is 13.7 Å². The maximum atomic E-state index is 13.1. The van der Waals surface area contributed by atoms with E-state index in [1.165, 1.54) is 16.8 Å². The standard InChI is InChI=1S/C19H18FIN4O2/c1-27-17-5-4-14(10-16(17)21)18-23-7-8-25(18)19(26)24-6-2-3-13-9-15(20)12-22-11-13/h4-5,7-12H,2-3,6H2,1H3,(H,24,26). The van der Waals surface area contributed by atoms with E-state index in [0.717, 1.165) is 20.4 Å². The van der Waals surface area contributed by atoms with E-state index in [4.69, 9.17) is 4.74 Å². The average Bonchev–Trinajstić information content (AvgIpc) is 3.15. The molecule has 0 radical (unpaired) electrons. The van der Waals surface area contributed by atoms with Crippen molar-refractivity contribution < 1.29 is 13.9 Å². The zero-order chi connectivity index (χ0) is 19.2. The van der Waals surface area contributed by atoms with Crippen molar-refractivity contribution in [2.24, 2.45) is 0 Å². The number of hydrogen-bond acceptors (Lipinski definition) is 4. The van der Waals surface area contributed by atoms with Gasteiger partial charge in [0, 0.05) is 30.7 Å². The van der Waals surface area contributed by atoms with Crippen molar-refractivity contribution in [3.63, 3.8) is 0 Å². The molecule has 3 rings (SSSR count). The van der Waals surface area contributed by atoms with Gasteiger partial charge in [0.15, 0.2) is 0 Å². The Kier molecular flexibility index (Phi) is 6.38. The van der Waals surface area contributed by atoms with Gasteiger partial charge in [-0.2, -0.15) is 0 Å². The smallest absolute Gasteiger partial charge is 0.327 e. The van der Waals surface area contributed by atoms with Crippen molar-refractivity contribution in [2.45, 2.75) is 12.8 Å². The molecule has 1 amide bonds. The van der Waals surface area contributed by atoms with Crippen molar-refractivity contribution in [1.29, 1.82) is 0 Å². The first kappa shape index (κ1) is 19.3. The number of amides is 1. The molecule has 2 aromatic heterocycles. The van der Waals surface area contributed by atoms with E-state index < -0.39 is 0 Å². The Hall–Kier alpha value is -2.49. The number of aromatic nitrogens is 3. The van der Waals surface area contributed by atoms with Gasteiger partial charge in [-0.15, -0.1) is 0 Å². The molecule has 0 bridgehead atoms. The van der Waals surface area contributed by atoms with Gasteiger partial charge in [0.1, 0.15) is 17.4 Å². The summed E-state index contributed by atoms with van der Waals surface area (Å²) in [5, 5.41) is 2.86. The van der Waals surface area contributed by atoms with Crippen LogP contribution >= 0.6 is 22.6 Å². The van der Waals surface area contributed by atoms with Gasteiger partial charge in [0.25, 0.3) is 0 Å². The summed E-state index contributed by atoms with van der Waals surface area (Å²) in [7, 11) is 1.62. The van der Waals surface area contributed by atoms with Crippen LogP contribution in [0.25, 0.3) is 11.4 Å². The van der Waals surface area contributed by atoms with Gasteiger partial charge in [-0.3, -0.25) is 9.55 Å². The van der Waals surface area contributed by atoms with Crippen LogP contribution in [0.5, 0.6) is 5.75 Å². The number of aryl methyl sites for hydroxylation is 1. The first-order chi connectivity index (χ1) is 13.1. The minimum atomic E-state index is -0.353. The molecule has 0 saturated carbocycles. The Labute approximate surface area is 169 Å². The molecule has 0 saturated heterocycles. The normalized spacial score (nSPS) is 10.6. The van der Waals surface area contributed by atoms with Crippen molar-refractivity contribution in [3.05, 3.63) is 64.0 Å². The summed E-state index contributed by atoms with van der Waals surface area (Å²) in [4.78, 5) is 20.6. The summed E-state index contributed by atoms with van der Waals surface area (Å²) in [6.45, 7) is 0.465. The lowest BCUT2D eigenvalue weighted by Crippen LogP contribution is -2.29. The molecule has 140 valence electrons. The average molecular weight is 480 g/mol. The number of rotatable bonds is 6. The van der Waals surface area contributed by atoms with Crippen LogP contribution < -0.4 is 10.1 Å². The minimum Gasteiger partial charge on any atom is -0.496 e. The van der Waals surface area contributed by atoms with E-state index in [-0.39, 0.29) is 11.8 Å². The number of hydrogen-bond donors (Lipinski definition) is 1. The van der Waals surface area contributed by atoms with Crippen LogP contribution in [0.15, 0.2) is 49.1 Å². The van der Waals surface area contributed by atoms with Gasteiger partial charge in [0.2, 0.25) is 0 Å². The lowest BCUT2D eigenvalue weighted by molar-refractivity contribution is 0.242. The van der Waals surface area contributed by atoms with E-state index in [9.17, 15) is 9.18 Å². The number of pyridine rings is 1. The Morgan fingerprint density at radius 3 is 2.93 bits per heavy atom. The molecule has 2 heterocycles. The summed E-state index contributed by atoms with van der Waals surface area (Å²) in [6.07, 6.45) is 7.33. The third-order valence-electron chi connectivity index (χ3n) is 3.95. The zero-order valence-corrected chi connectivity index (χ0v) is 16.8. The van der Waals surface area contributed by atoms with Crippen molar-refractivity contribution in [3.8, 4) is 17.1 Å². The van der Waals surface area contributed by atoms with Crippen LogP contribution in [0.2, 0.25) is 0 Å². The first-order valence-electron chi connectivity index (χ1n) is 8.33. The molecule has 0 spiro atoms. The molecule has 0 aliphatic rings. The van der Waals surface area contributed by atoms with Crippen LogP contribution in [-0.4, -0.2) is 34.2 Å². The number of carbonyl (C=O) groups is 1. The third-order valence-corrected chi connectivity index (χ3v) is 4.79. The minimum absolute atomic E-state index is 0.259. The van der Waals surface area contributed by atoms with Crippen molar-refractivity contribution >= 4 is 28.6 Å². The summed E-state index contributed by atoms with van der Waals surface area (Å²) in [5.74, 6) is 0.977. The Morgan fingerprint density at radius 1 is 1.33 bits per heavy atom. The predicted octanol–water partition coefficient (Wildman–Crippen LogP) is 3.89. The van der Waals surface area contributed by atoms with Gasteiger partial charge >= 0.3 is 6.03 Å². The maximum Gasteiger partial charge on any atom is 0.327 e. The molecule has 8 heteroatoms. The monoisotopic (exact) mass is 480 g/mol. The molecule has 0 atom stereocenters. The van der Waals surface area contributed by atoms with Gasteiger partial charge in [-0.25, -0.2) is 14.2 Å². The van der Waals surface area contributed by atoms with Gasteiger partial charge in [-0.05, 0) is 65.3 Å². The Bertz CT molecular complexity index is 945. The maximum absolute atomic E-state index is 13.1. The number of nitrogens with one attached hydrogen (secondary N) is 1. The second-order valence-corrected chi connectivity index (χ2v) is 6.98. The number of methoxy groups -OCH3 is 1. The van der Waals surface area contributed by atoms with Crippen LogP contribution in [0.3, 0.4) is 0 Å². The molecule has 1 N–H and O–H groups in total. The predicted molar refractivity (Wildman–Crippen MR) is 108 cm³/mol. The van der Waals surface area contributed by atoms with Crippen LogP contribution in [0, 0.1) is 9.39 Å². The van der Waals surface area contributed by atoms with Crippen molar-refractivity contribution in [1.82, 2.24) is 19.9 Å². The van der Waals surface area contributed by atoms with Gasteiger partial charge in [-0.1, -0.05) is 0 Å². The quantitative estimate of drug-likeness (QED) is 0.430. The fraction of sp³-hybridized carbons (Fsp3) is 0.211. The topological polar surface area (TPSA) is 69.0 Å². The molecule has 1 aromatic carbocycles. The highest BCUT2D eigenvalue weighted by atomic mass is 127. The largest absolute Gasteiger partial charge is 0.496 e. The number of halogens is 2. The Morgan fingerprint density at radius 2 is 2.19 bits per heavy atom. The molecule has 27 heavy (non-hydrogen) atoms. The van der Waals surface area contributed by atoms with Gasteiger partial charge in [0.05, 0.1) is 16.9 Å². The first-order valence-corrected chi connectivity index (χ1v) is 9.41. The molecular weight excluding hydrogens is 462 g/mol. The van der Waals surface area contributed by atoms with E-state index in [2.05, 4.69) is 37.9 Å². The molecule has 6 nitrogen and oxygen atoms in total. The SMILES string of the molecule is COc1ccc(-c2nccn2C(=O)NCCCc2cncc(F)c2)cc1I. The molecule has 0 fully saturated rings. The number of ether oxygens (including phenoxy) is 1. The molecule has 0 aliphatic heterocycles. The number of imidazole rings is 1. The van der Waals surface area contributed by atoms with E-state index >= 15 is 0 Å². The summed E-state index contributed by atoms with van der Waals surface area (Å²) in [5.41, 5.74) is 1.63. The summed E-state index contributed by atoms with van der Waals surface area (Å²) >= 11 is 2.18. The lowest BCUT2D eigenvalue weighted by atomic mass is 10.1. The molecule has 3 aromatic rings. The van der Waals surface area contributed by atoms with Crippen LogP contribution in [-0.2, 0) is 6.42 Å². The third kappa shape index (κ3) is 4.82. The highest BCUT2D eigenvalue weighted by Gasteiger charge is 2.13. The Balaban J connectivity index is 1.61. The van der Waals surface area contributed by atoms with Crippen LogP contribution in [0.1, 0.15) is 12.0 Å². The lowest BCUT2D eigenvalue weighted by Gasteiger charge is -2.10. The summed E-state index contributed by atoms with van der Waals surface area (Å²) < 4.78 is 20.8. The highest BCUT2D eigenvalue weighted by Crippen LogP contribution is 2.26. The van der Waals surface area contributed by atoms with E-state index in [0.29, 0.717) is 25.2 Å². The molecule has 0 unspecified atom stereocenters. The van der Waals surface area contributed by atoms with Gasteiger partial charge < -0.3 is 10.1 Å². The highest BCUT2D eigenvalue weighted by molar-refractivity contribution is 14.1.